The number of aromatic nitrogens is 1. The van der Waals surface area contributed by atoms with Crippen LogP contribution in [0.4, 0.5) is 17.6 Å². The maximum atomic E-state index is 13.9. The van der Waals surface area contributed by atoms with Gasteiger partial charge in [-0.25, -0.2) is 4.39 Å². The fourth-order valence-electron chi connectivity index (χ4n) is 2.27. The fourth-order valence-corrected chi connectivity index (χ4v) is 2.27. The summed E-state index contributed by atoms with van der Waals surface area (Å²) < 4.78 is 52.7. The first kappa shape index (κ1) is 16.7. The van der Waals surface area contributed by atoms with E-state index in [4.69, 9.17) is 5.11 Å². The average molecular weight is 329 g/mol. The Kier molecular flexibility index (Phi) is 4.53. The highest BCUT2D eigenvalue weighted by Gasteiger charge is 2.41. The molecule has 0 fully saturated rings. The van der Waals surface area contributed by atoms with Crippen LogP contribution in [0, 0.1) is 5.82 Å². The molecule has 0 spiro atoms. The summed E-state index contributed by atoms with van der Waals surface area (Å²) in [6.45, 7) is 0. The average Bonchev–Trinajstić information content (AvgIpc) is 2.92. The molecule has 0 aliphatic carbocycles. The molecule has 2 rings (SSSR count). The molecule has 23 heavy (non-hydrogen) atoms. The zero-order valence-corrected chi connectivity index (χ0v) is 11.5. The number of Topliss-reactive ketones (excluding diaryl/α,β-unsaturated/α-hetero) is 1. The summed E-state index contributed by atoms with van der Waals surface area (Å²) in [6.07, 6.45) is -4.66. The molecular weight excluding hydrogens is 318 g/mol. The maximum absolute atomic E-state index is 13.9. The van der Waals surface area contributed by atoms with Crippen molar-refractivity contribution in [3.63, 3.8) is 0 Å². The maximum Gasteiger partial charge on any atom is 0.456 e. The van der Waals surface area contributed by atoms with Crippen molar-refractivity contribution in [2.75, 3.05) is 0 Å². The van der Waals surface area contributed by atoms with Crippen LogP contribution in [0.5, 0.6) is 0 Å². The zero-order valence-electron chi connectivity index (χ0n) is 11.5. The predicted molar refractivity (Wildman–Crippen MR) is 71.6 cm³/mol. The van der Waals surface area contributed by atoms with Crippen molar-refractivity contribution in [1.82, 2.24) is 4.57 Å². The molecule has 0 saturated carbocycles. The van der Waals surface area contributed by atoms with E-state index >= 15 is 0 Å². The van der Waals surface area contributed by atoms with Crippen molar-refractivity contribution in [3.8, 4) is 0 Å². The summed E-state index contributed by atoms with van der Waals surface area (Å²) in [5.74, 6) is -4.22. The van der Waals surface area contributed by atoms with Crippen LogP contribution in [0.2, 0.25) is 0 Å². The van der Waals surface area contributed by atoms with E-state index in [2.05, 4.69) is 0 Å². The summed E-state index contributed by atoms with van der Waals surface area (Å²) in [5.41, 5.74) is -0.852. The topological polar surface area (TPSA) is 59.3 Å². The van der Waals surface area contributed by atoms with E-state index in [-0.39, 0.29) is 5.56 Å². The van der Waals surface area contributed by atoms with Gasteiger partial charge in [-0.3, -0.25) is 9.59 Å². The standard InChI is InChI=1S/C15H11F4NO3/c16-10-5-2-1-4-9(10)12(8-13(21)22)20-7-3-6-11(20)14(23)15(17,18)19/h1-7,12H,8H2,(H,21,22)/t12-/m0/s1. The molecule has 0 unspecified atom stereocenters. The molecule has 1 atom stereocenters. The molecule has 0 radical (unpaired) electrons. The van der Waals surface area contributed by atoms with Crippen LogP contribution in [0.15, 0.2) is 42.6 Å². The lowest BCUT2D eigenvalue weighted by atomic mass is 10.0. The van der Waals surface area contributed by atoms with Crippen molar-refractivity contribution < 1.29 is 32.3 Å². The summed E-state index contributed by atoms with van der Waals surface area (Å²) in [6, 6.07) is 5.96. The number of alkyl halides is 3. The van der Waals surface area contributed by atoms with Gasteiger partial charge in [-0.2, -0.15) is 13.2 Å². The van der Waals surface area contributed by atoms with Gasteiger partial charge in [0.2, 0.25) is 0 Å². The second-order valence-corrected chi connectivity index (χ2v) is 4.76. The smallest absolute Gasteiger partial charge is 0.456 e. The summed E-state index contributed by atoms with van der Waals surface area (Å²) in [7, 11) is 0. The van der Waals surface area contributed by atoms with Gasteiger partial charge in [0.15, 0.2) is 0 Å². The molecule has 0 bridgehead atoms. The minimum Gasteiger partial charge on any atom is -0.481 e. The number of carboxylic acids is 1. The van der Waals surface area contributed by atoms with Crippen LogP contribution >= 0.6 is 0 Å². The molecule has 1 aromatic heterocycles. The Bertz CT molecular complexity index is 736. The van der Waals surface area contributed by atoms with Gasteiger partial charge in [0, 0.05) is 11.8 Å². The van der Waals surface area contributed by atoms with Crippen LogP contribution in [-0.4, -0.2) is 27.6 Å². The third-order valence-electron chi connectivity index (χ3n) is 3.24. The molecule has 0 aliphatic heterocycles. The second-order valence-electron chi connectivity index (χ2n) is 4.76. The summed E-state index contributed by atoms with van der Waals surface area (Å²) >= 11 is 0. The Morgan fingerprint density at radius 1 is 1.13 bits per heavy atom. The highest BCUT2D eigenvalue weighted by molar-refractivity contribution is 5.99. The van der Waals surface area contributed by atoms with Gasteiger partial charge >= 0.3 is 12.1 Å². The lowest BCUT2D eigenvalue weighted by Crippen LogP contribution is -2.28. The number of carbonyl (C=O) groups is 2. The highest BCUT2D eigenvalue weighted by Crippen LogP contribution is 2.29. The number of carbonyl (C=O) groups excluding carboxylic acids is 1. The molecule has 4 nitrogen and oxygen atoms in total. The van der Waals surface area contributed by atoms with E-state index < -0.39 is 41.9 Å². The predicted octanol–water partition coefficient (Wildman–Crippen LogP) is 3.44. The van der Waals surface area contributed by atoms with Crippen LogP contribution in [0.3, 0.4) is 0 Å². The molecular formula is C15H11F4NO3. The Hall–Kier alpha value is -2.64. The zero-order chi connectivity index (χ0) is 17.2. The third kappa shape index (κ3) is 3.58. The van der Waals surface area contributed by atoms with Crippen molar-refractivity contribution >= 4 is 11.8 Å². The number of ketones is 1. The largest absolute Gasteiger partial charge is 0.481 e. The molecule has 8 heteroatoms. The van der Waals surface area contributed by atoms with Crippen molar-refractivity contribution in [1.29, 1.82) is 0 Å². The summed E-state index contributed by atoms with van der Waals surface area (Å²) in [4.78, 5) is 22.5. The Balaban J connectivity index is 2.55. The number of carboxylic acid groups (broad SMARTS) is 1. The van der Waals surface area contributed by atoms with Crippen LogP contribution in [-0.2, 0) is 4.79 Å². The monoisotopic (exact) mass is 329 g/mol. The number of halogens is 4. The number of rotatable bonds is 5. The van der Waals surface area contributed by atoms with Gasteiger partial charge in [0.05, 0.1) is 18.2 Å². The molecule has 1 heterocycles. The van der Waals surface area contributed by atoms with E-state index in [1.807, 2.05) is 0 Å². The molecule has 1 aromatic carbocycles. The first-order chi connectivity index (χ1) is 10.7. The number of aliphatic carboxylic acids is 1. The first-order valence-corrected chi connectivity index (χ1v) is 6.46. The Labute approximate surface area is 128 Å². The number of nitrogens with zero attached hydrogens (tertiary/aromatic N) is 1. The van der Waals surface area contributed by atoms with Crippen molar-refractivity contribution in [3.05, 3.63) is 59.7 Å². The number of benzene rings is 1. The first-order valence-electron chi connectivity index (χ1n) is 6.46. The van der Waals surface area contributed by atoms with Gasteiger partial charge in [-0.1, -0.05) is 18.2 Å². The van der Waals surface area contributed by atoms with E-state index in [1.165, 1.54) is 24.3 Å². The van der Waals surface area contributed by atoms with Crippen molar-refractivity contribution in [2.24, 2.45) is 0 Å². The summed E-state index contributed by atoms with van der Waals surface area (Å²) in [5, 5.41) is 8.98. The second kappa shape index (κ2) is 6.23. The van der Waals surface area contributed by atoms with Crippen molar-refractivity contribution in [2.45, 2.75) is 18.6 Å². The van der Waals surface area contributed by atoms with E-state index in [0.29, 0.717) is 0 Å². The molecule has 0 aliphatic rings. The van der Waals surface area contributed by atoms with Gasteiger partial charge in [0.1, 0.15) is 5.82 Å². The van der Waals surface area contributed by atoms with Gasteiger partial charge < -0.3 is 9.67 Å². The fraction of sp³-hybridized carbons (Fsp3) is 0.200. The Morgan fingerprint density at radius 3 is 2.35 bits per heavy atom. The lowest BCUT2D eigenvalue weighted by Gasteiger charge is -2.21. The SMILES string of the molecule is O=C(O)C[C@@H](c1ccccc1F)n1cccc1C(=O)C(F)(F)F. The molecule has 0 saturated heterocycles. The van der Waals surface area contributed by atoms with Gasteiger partial charge in [-0.15, -0.1) is 0 Å². The molecule has 1 N–H and O–H groups in total. The molecule has 122 valence electrons. The lowest BCUT2D eigenvalue weighted by molar-refractivity contribution is -0.137. The van der Waals surface area contributed by atoms with E-state index in [9.17, 15) is 27.2 Å². The third-order valence-corrected chi connectivity index (χ3v) is 3.24. The van der Waals surface area contributed by atoms with E-state index in [0.717, 1.165) is 22.9 Å². The minimum absolute atomic E-state index is 0.109. The molecule has 2 aromatic rings. The van der Waals surface area contributed by atoms with Crippen LogP contribution in [0.1, 0.15) is 28.5 Å². The van der Waals surface area contributed by atoms with Gasteiger partial charge in [-0.05, 0) is 18.2 Å². The van der Waals surface area contributed by atoms with Crippen LogP contribution in [0.25, 0.3) is 0 Å². The number of hydrogen-bond donors (Lipinski definition) is 1. The normalized spacial score (nSPS) is 12.9. The number of hydrogen-bond acceptors (Lipinski definition) is 2. The quantitative estimate of drug-likeness (QED) is 0.675. The van der Waals surface area contributed by atoms with Crippen LogP contribution < -0.4 is 0 Å². The Morgan fingerprint density at radius 2 is 1.78 bits per heavy atom. The minimum atomic E-state index is -5.11. The van der Waals surface area contributed by atoms with E-state index in [1.54, 1.807) is 0 Å². The van der Waals surface area contributed by atoms with Gasteiger partial charge in [0.25, 0.3) is 5.78 Å². The highest BCUT2D eigenvalue weighted by atomic mass is 19.4. The molecule has 0 amide bonds.